The molecule has 0 spiro atoms. The van der Waals surface area contributed by atoms with Crippen LogP contribution in [0.2, 0.25) is 5.02 Å². The van der Waals surface area contributed by atoms with Crippen LogP contribution in [-0.2, 0) is 20.7 Å². The lowest BCUT2D eigenvalue weighted by molar-refractivity contribution is -0.144. The Morgan fingerprint density at radius 3 is 2.57 bits per heavy atom. The van der Waals surface area contributed by atoms with E-state index >= 15 is 0 Å². The number of ether oxygens (including phenoxy) is 2. The van der Waals surface area contributed by atoms with Crippen LogP contribution in [-0.4, -0.2) is 53.9 Å². The first-order valence-electron chi connectivity index (χ1n) is 9.69. The van der Waals surface area contributed by atoms with Crippen molar-refractivity contribution in [1.29, 1.82) is 0 Å². The van der Waals surface area contributed by atoms with Crippen LogP contribution < -0.4 is 0 Å². The highest BCUT2D eigenvalue weighted by Crippen LogP contribution is 2.36. The maximum absolute atomic E-state index is 12.8. The average molecular weight is 498 g/mol. The van der Waals surface area contributed by atoms with Gasteiger partial charge in [0, 0.05) is 28.6 Å². The van der Waals surface area contributed by atoms with Gasteiger partial charge in [-0.1, -0.05) is 23.8 Å². The van der Waals surface area contributed by atoms with Gasteiger partial charge >= 0.3 is 12.1 Å². The highest BCUT2D eigenvalue weighted by Gasteiger charge is 2.28. The van der Waals surface area contributed by atoms with Crippen molar-refractivity contribution in [3.05, 3.63) is 45.5 Å². The number of benzene rings is 1. The molecular formula is C22H26BrClN2O4. The Labute approximate surface area is 189 Å². The number of methoxy groups -OCH3 is 1. The zero-order valence-corrected chi connectivity index (χ0v) is 20.1. The highest BCUT2D eigenvalue weighted by atomic mass is 79.9. The Hall–Kier alpha value is -1.83. The minimum Gasteiger partial charge on any atom is -0.469 e. The fourth-order valence-corrected chi connectivity index (χ4v) is 4.37. The molecular weight excluding hydrogens is 472 g/mol. The second-order valence-electron chi connectivity index (χ2n) is 8.49. The third-order valence-corrected chi connectivity index (χ3v) is 6.44. The van der Waals surface area contributed by atoms with Gasteiger partial charge in [0.05, 0.1) is 23.6 Å². The summed E-state index contributed by atoms with van der Waals surface area (Å²) < 4.78 is 12.7. The number of halogens is 2. The molecule has 0 N–H and O–H groups in total. The summed E-state index contributed by atoms with van der Waals surface area (Å²) in [6.07, 6.45) is 5.93. The Morgan fingerprint density at radius 2 is 1.97 bits per heavy atom. The van der Waals surface area contributed by atoms with Crippen LogP contribution in [0.4, 0.5) is 4.79 Å². The predicted octanol–water partition coefficient (Wildman–Crippen LogP) is 5.04. The lowest BCUT2D eigenvalue weighted by Crippen LogP contribution is -2.41. The standard InChI is InChI=1S/C22H26BrClN2O4/c1-22(2,3)30-21(28)26-12-14(18-17(26)9-8-16(24)19(18)23)10-15-7-6-13(11-25(15)4)20(27)29-5/h6-9,12-13,15H,10-11H2,1-5H3/t13-,15-/m0/s1. The SMILES string of the molecule is COC(=O)[C@H]1C=C[C@@H](Cc2cn(C(=O)OC(C)(C)C)c3ccc(Cl)c(Br)c23)N(C)C1. The normalized spacial score (nSPS) is 19.8. The molecule has 1 aromatic carbocycles. The lowest BCUT2D eigenvalue weighted by Gasteiger charge is -2.31. The van der Waals surface area contributed by atoms with Crippen LogP contribution in [0.15, 0.2) is 35.0 Å². The van der Waals surface area contributed by atoms with Gasteiger partial charge in [0.2, 0.25) is 0 Å². The molecule has 0 radical (unpaired) electrons. The number of rotatable bonds is 3. The summed E-state index contributed by atoms with van der Waals surface area (Å²) in [6.45, 7) is 6.08. The van der Waals surface area contributed by atoms with E-state index in [1.54, 1.807) is 6.07 Å². The van der Waals surface area contributed by atoms with Crippen molar-refractivity contribution in [3.63, 3.8) is 0 Å². The Balaban J connectivity index is 1.99. The first-order chi connectivity index (χ1) is 14.0. The van der Waals surface area contributed by atoms with E-state index in [0.717, 1.165) is 20.9 Å². The lowest BCUT2D eigenvalue weighted by atomic mass is 9.96. The number of fused-ring (bicyclic) bond motifs is 1. The van der Waals surface area contributed by atoms with E-state index in [0.29, 0.717) is 18.0 Å². The Kier molecular flexibility index (Phi) is 6.65. The maximum atomic E-state index is 12.8. The fourth-order valence-electron chi connectivity index (χ4n) is 3.62. The van der Waals surface area contributed by atoms with Gasteiger partial charge in [-0.3, -0.25) is 14.3 Å². The molecule has 6 nitrogen and oxygen atoms in total. The predicted molar refractivity (Wildman–Crippen MR) is 121 cm³/mol. The van der Waals surface area contributed by atoms with E-state index in [9.17, 15) is 9.59 Å². The van der Waals surface area contributed by atoms with Crippen LogP contribution in [0.5, 0.6) is 0 Å². The van der Waals surface area contributed by atoms with Crippen LogP contribution in [0.1, 0.15) is 26.3 Å². The maximum Gasteiger partial charge on any atom is 0.419 e. The first-order valence-corrected chi connectivity index (χ1v) is 10.9. The van der Waals surface area contributed by atoms with Crippen LogP contribution in [0, 0.1) is 5.92 Å². The number of esters is 1. The number of carbonyl (C=O) groups excluding carboxylic acids is 2. The monoisotopic (exact) mass is 496 g/mol. The largest absolute Gasteiger partial charge is 0.469 e. The number of hydrogen-bond acceptors (Lipinski definition) is 5. The van der Waals surface area contributed by atoms with Crippen molar-refractivity contribution in [3.8, 4) is 0 Å². The summed E-state index contributed by atoms with van der Waals surface area (Å²) in [7, 11) is 3.37. The van der Waals surface area contributed by atoms with Crippen molar-refractivity contribution in [2.24, 2.45) is 5.92 Å². The van der Waals surface area contributed by atoms with Gasteiger partial charge in [0.25, 0.3) is 0 Å². The smallest absolute Gasteiger partial charge is 0.419 e. The first kappa shape index (κ1) is 22.8. The summed E-state index contributed by atoms with van der Waals surface area (Å²) >= 11 is 9.93. The molecule has 162 valence electrons. The van der Waals surface area contributed by atoms with E-state index in [-0.39, 0.29) is 17.9 Å². The van der Waals surface area contributed by atoms with Gasteiger partial charge in [-0.2, -0.15) is 0 Å². The summed E-state index contributed by atoms with van der Waals surface area (Å²) in [5.41, 5.74) is 1.08. The molecule has 2 aromatic rings. The van der Waals surface area contributed by atoms with Crippen molar-refractivity contribution < 1.29 is 19.1 Å². The molecule has 1 aromatic heterocycles. The van der Waals surface area contributed by atoms with Crippen molar-refractivity contribution in [2.75, 3.05) is 20.7 Å². The molecule has 0 saturated carbocycles. The molecule has 0 fully saturated rings. The fraction of sp³-hybridized carbons (Fsp3) is 0.455. The van der Waals surface area contributed by atoms with E-state index in [1.165, 1.54) is 11.7 Å². The molecule has 0 bridgehead atoms. The van der Waals surface area contributed by atoms with Gasteiger partial charge < -0.3 is 9.47 Å². The molecule has 1 aliphatic heterocycles. The number of hydrogen-bond donors (Lipinski definition) is 0. The van der Waals surface area contributed by atoms with E-state index < -0.39 is 11.7 Å². The molecule has 3 rings (SSSR count). The summed E-state index contributed by atoms with van der Waals surface area (Å²) in [6, 6.07) is 3.64. The topological polar surface area (TPSA) is 60.8 Å². The quantitative estimate of drug-likeness (QED) is 0.439. The molecule has 2 atom stereocenters. The van der Waals surface area contributed by atoms with Crippen molar-refractivity contribution in [2.45, 2.75) is 38.8 Å². The number of carbonyl (C=O) groups is 2. The van der Waals surface area contributed by atoms with Crippen LogP contribution in [0.25, 0.3) is 10.9 Å². The van der Waals surface area contributed by atoms with Gasteiger partial charge in [-0.15, -0.1) is 0 Å². The Morgan fingerprint density at radius 1 is 1.27 bits per heavy atom. The summed E-state index contributed by atoms with van der Waals surface area (Å²) in [4.78, 5) is 26.8. The second-order valence-corrected chi connectivity index (χ2v) is 9.69. The zero-order chi connectivity index (χ0) is 22.2. The highest BCUT2D eigenvalue weighted by molar-refractivity contribution is 9.10. The molecule has 30 heavy (non-hydrogen) atoms. The number of aromatic nitrogens is 1. The summed E-state index contributed by atoms with van der Waals surface area (Å²) in [5, 5.41) is 1.45. The number of nitrogens with zero attached hydrogens (tertiary/aromatic N) is 2. The molecule has 1 aliphatic rings. The minimum atomic E-state index is -0.604. The zero-order valence-electron chi connectivity index (χ0n) is 17.7. The van der Waals surface area contributed by atoms with E-state index in [4.69, 9.17) is 21.1 Å². The van der Waals surface area contributed by atoms with Gasteiger partial charge in [-0.05, 0) is 67.9 Å². The molecule has 8 heteroatoms. The Bertz CT molecular complexity index is 1010. The molecule has 2 heterocycles. The third kappa shape index (κ3) is 4.74. The van der Waals surface area contributed by atoms with Gasteiger partial charge in [0.15, 0.2) is 0 Å². The van der Waals surface area contributed by atoms with Gasteiger partial charge in [-0.25, -0.2) is 4.79 Å². The molecule has 0 unspecified atom stereocenters. The minimum absolute atomic E-state index is 0.0643. The molecule has 0 saturated heterocycles. The summed E-state index contributed by atoms with van der Waals surface area (Å²) in [5.74, 6) is -0.520. The van der Waals surface area contributed by atoms with Gasteiger partial charge in [0.1, 0.15) is 5.60 Å². The van der Waals surface area contributed by atoms with Crippen LogP contribution in [0.3, 0.4) is 0 Å². The van der Waals surface area contributed by atoms with Crippen molar-refractivity contribution in [1.82, 2.24) is 9.47 Å². The van der Waals surface area contributed by atoms with Crippen LogP contribution >= 0.6 is 27.5 Å². The average Bonchev–Trinajstić information content (AvgIpc) is 3.03. The molecule has 0 amide bonds. The number of likely N-dealkylation sites (N-methyl/N-ethyl adjacent to an activating group) is 1. The van der Waals surface area contributed by atoms with E-state index in [2.05, 4.69) is 20.8 Å². The second kappa shape index (κ2) is 8.73. The van der Waals surface area contributed by atoms with Crippen molar-refractivity contribution >= 4 is 50.5 Å². The molecule has 0 aliphatic carbocycles. The van der Waals surface area contributed by atoms with E-state index in [1.807, 2.05) is 52.2 Å². The third-order valence-electron chi connectivity index (χ3n) is 5.08.